The quantitative estimate of drug-likeness (QED) is 0.609. The first-order valence-corrected chi connectivity index (χ1v) is 7.80. The molecule has 0 N–H and O–H groups in total. The second-order valence-electron chi connectivity index (χ2n) is 4.52. The Hall–Kier alpha value is -2.12. The first-order chi connectivity index (χ1) is 10.7. The number of alkyl halides is 1. The molecule has 0 saturated heterocycles. The topological polar surface area (TPSA) is 27.7 Å². The number of rotatable bonds is 4. The van der Waals surface area contributed by atoms with Crippen LogP contribution in [0.15, 0.2) is 36.4 Å². The van der Waals surface area contributed by atoms with Crippen LogP contribution in [-0.4, -0.2) is 21.3 Å². The van der Waals surface area contributed by atoms with E-state index in [1.165, 1.54) is 0 Å². The van der Waals surface area contributed by atoms with Crippen LogP contribution in [0.4, 0.5) is 0 Å². The van der Waals surface area contributed by atoms with Crippen molar-refractivity contribution in [3.63, 3.8) is 0 Å². The van der Waals surface area contributed by atoms with Crippen LogP contribution < -0.4 is 14.2 Å². The third-order valence-electron chi connectivity index (χ3n) is 3.11. The molecule has 0 aliphatic rings. The standard InChI is InChI=1S/C18H17BrO3/c1-20-16-8-13(9-17(11-16)21-2)4-6-15-7-5-14(12-19)10-18(15)22-3/h5,7-11H,12H2,1-3H3. The Morgan fingerprint density at radius 1 is 0.864 bits per heavy atom. The van der Waals surface area contributed by atoms with Crippen molar-refractivity contribution >= 4 is 15.9 Å². The first-order valence-electron chi connectivity index (χ1n) is 6.68. The van der Waals surface area contributed by atoms with Crippen molar-refractivity contribution < 1.29 is 14.2 Å². The normalized spacial score (nSPS) is 9.64. The summed E-state index contributed by atoms with van der Waals surface area (Å²) in [5.41, 5.74) is 2.81. The van der Waals surface area contributed by atoms with Gasteiger partial charge in [-0.05, 0) is 29.8 Å². The molecule has 0 fully saturated rings. The maximum atomic E-state index is 5.39. The largest absolute Gasteiger partial charge is 0.497 e. The lowest BCUT2D eigenvalue weighted by molar-refractivity contribution is 0.394. The first kappa shape index (κ1) is 16.3. The van der Waals surface area contributed by atoms with Gasteiger partial charge in [-0.3, -0.25) is 0 Å². The highest BCUT2D eigenvalue weighted by atomic mass is 79.9. The zero-order chi connectivity index (χ0) is 15.9. The van der Waals surface area contributed by atoms with Gasteiger partial charge in [0.15, 0.2) is 0 Å². The van der Waals surface area contributed by atoms with Gasteiger partial charge in [-0.15, -0.1) is 0 Å². The van der Waals surface area contributed by atoms with Crippen LogP contribution in [-0.2, 0) is 5.33 Å². The van der Waals surface area contributed by atoms with Gasteiger partial charge < -0.3 is 14.2 Å². The van der Waals surface area contributed by atoms with E-state index in [1.54, 1.807) is 21.3 Å². The fourth-order valence-electron chi connectivity index (χ4n) is 1.94. The summed E-state index contributed by atoms with van der Waals surface area (Å²) in [5.74, 6) is 8.44. The highest BCUT2D eigenvalue weighted by Crippen LogP contribution is 2.23. The number of methoxy groups -OCH3 is 3. The Morgan fingerprint density at radius 3 is 2.09 bits per heavy atom. The second kappa shape index (κ2) is 7.77. The Kier molecular flexibility index (Phi) is 5.74. The van der Waals surface area contributed by atoms with E-state index in [2.05, 4.69) is 27.8 Å². The van der Waals surface area contributed by atoms with Crippen LogP contribution in [0.25, 0.3) is 0 Å². The van der Waals surface area contributed by atoms with Crippen LogP contribution in [0.3, 0.4) is 0 Å². The van der Waals surface area contributed by atoms with Gasteiger partial charge in [-0.2, -0.15) is 0 Å². The van der Waals surface area contributed by atoms with E-state index in [-0.39, 0.29) is 0 Å². The molecule has 0 radical (unpaired) electrons. The average molecular weight is 361 g/mol. The van der Waals surface area contributed by atoms with Gasteiger partial charge in [0.2, 0.25) is 0 Å². The van der Waals surface area contributed by atoms with Gasteiger partial charge in [0.25, 0.3) is 0 Å². The highest BCUT2D eigenvalue weighted by Gasteiger charge is 2.03. The van der Waals surface area contributed by atoms with Crippen LogP contribution in [0.2, 0.25) is 0 Å². The van der Waals surface area contributed by atoms with Gasteiger partial charge in [-0.25, -0.2) is 0 Å². The van der Waals surface area contributed by atoms with Crippen molar-refractivity contribution in [3.05, 3.63) is 53.1 Å². The van der Waals surface area contributed by atoms with Crippen LogP contribution in [0, 0.1) is 11.8 Å². The molecule has 0 aromatic heterocycles. The molecule has 0 heterocycles. The molecule has 2 aromatic rings. The molecule has 0 saturated carbocycles. The van der Waals surface area contributed by atoms with Crippen LogP contribution in [0.5, 0.6) is 17.2 Å². The monoisotopic (exact) mass is 360 g/mol. The molecule has 2 aromatic carbocycles. The average Bonchev–Trinajstić information content (AvgIpc) is 2.59. The minimum atomic E-state index is 0.713. The van der Waals surface area contributed by atoms with Crippen molar-refractivity contribution in [2.24, 2.45) is 0 Å². The third kappa shape index (κ3) is 3.96. The van der Waals surface area contributed by atoms with Crippen LogP contribution >= 0.6 is 15.9 Å². The number of hydrogen-bond donors (Lipinski definition) is 0. The third-order valence-corrected chi connectivity index (χ3v) is 3.76. The van der Waals surface area contributed by atoms with E-state index >= 15 is 0 Å². The Morgan fingerprint density at radius 2 is 1.55 bits per heavy atom. The van der Waals surface area contributed by atoms with E-state index in [0.717, 1.165) is 27.8 Å². The van der Waals surface area contributed by atoms with E-state index < -0.39 is 0 Å². The van der Waals surface area contributed by atoms with E-state index in [9.17, 15) is 0 Å². The van der Waals surface area contributed by atoms with Gasteiger partial charge in [-0.1, -0.05) is 33.8 Å². The molecular formula is C18H17BrO3. The summed E-state index contributed by atoms with van der Waals surface area (Å²) in [5, 5.41) is 0.782. The van der Waals surface area contributed by atoms with E-state index in [1.807, 2.05) is 36.4 Å². The molecule has 0 atom stereocenters. The number of ether oxygens (including phenoxy) is 3. The summed E-state index contributed by atoms with van der Waals surface area (Å²) >= 11 is 3.43. The number of halogens is 1. The van der Waals surface area contributed by atoms with E-state index in [4.69, 9.17) is 14.2 Å². The zero-order valence-corrected chi connectivity index (χ0v) is 14.4. The van der Waals surface area contributed by atoms with Gasteiger partial charge >= 0.3 is 0 Å². The molecule has 4 heteroatoms. The number of benzene rings is 2. The second-order valence-corrected chi connectivity index (χ2v) is 5.08. The zero-order valence-electron chi connectivity index (χ0n) is 12.8. The summed E-state index contributed by atoms with van der Waals surface area (Å²) in [6, 6.07) is 11.5. The Labute approximate surface area is 139 Å². The van der Waals surface area contributed by atoms with E-state index in [0.29, 0.717) is 11.5 Å². The lowest BCUT2D eigenvalue weighted by atomic mass is 10.1. The molecule has 0 amide bonds. The van der Waals surface area contributed by atoms with Crippen molar-refractivity contribution in [2.45, 2.75) is 5.33 Å². The molecule has 0 aliphatic carbocycles. The molecule has 3 nitrogen and oxygen atoms in total. The Balaban J connectivity index is 2.38. The molecule has 0 unspecified atom stereocenters. The highest BCUT2D eigenvalue weighted by molar-refractivity contribution is 9.08. The fourth-order valence-corrected chi connectivity index (χ4v) is 2.29. The molecule has 0 bridgehead atoms. The molecule has 114 valence electrons. The maximum absolute atomic E-state index is 5.39. The maximum Gasteiger partial charge on any atom is 0.134 e. The van der Waals surface area contributed by atoms with Gasteiger partial charge in [0.1, 0.15) is 17.2 Å². The van der Waals surface area contributed by atoms with Crippen molar-refractivity contribution in [1.29, 1.82) is 0 Å². The summed E-state index contributed by atoms with van der Waals surface area (Å²) < 4.78 is 15.9. The lowest BCUT2D eigenvalue weighted by Crippen LogP contribution is -1.90. The minimum Gasteiger partial charge on any atom is -0.497 e. The predicted molar refractivity (Wildman–Crippen MR) is 91.2 cm³/mol. The smallest absolute Gasteiger partial charge is 0.134 e. The van der Waals surface area contributed by atoms with Crippen molar-refractivity contribution in [1.82, 2.24) is 0 Å². The molecule has 2 rings (SSSR count). The molecule has 0 aliphatic heterocycles. The summed E-state index contributed by atoms with van der Waals surface area (Å²) in [7, 11) is 4.88. The van der Waals surface area contributed by atoms with Gasteiger partial charge in [0, 0.05) is 17.0 Å². The predicted octanol–water partition coefficient (Wildman–Crippen LogP) is 4.01. The fraction of sp³-hybridized carbons (Fsp3) is 0.222. The number of hydrogen-bond acceptors (Lipinski definition) is 3. The molecule has 0 spiro atoms. The van der Waals surface area contributed by atoms with Crippen molar-refractivity contribution in [2.75, 3.05) is 21.3 Å². The molecule has 22 heavy (non-hydrogen) atoms. The summed E-state index contributed by atoms with van der Waals surface area (Å²) in [6.07, 6.45) is 0. The minimum absolute atomic E-state index is 0.713. The Bertz CT molecular complexity index is 692. The summed E-state index contributed by atoms with van der Waals surface area (Å²) in [4.78, 5) is 0. The van der Waals surface area contributed by atoms with Crippen LogP contribution in [0.1, 0.15) is 16.7 Å². The SMILES string of the molecule is COc1cc(C#Cc2ccc(CBr)cc2OC)cc(OC)c1. The molecular weight excluding hydrogens is 344 g/mol. The lowest BCUT2D eigenvalue weighted by Gasteiger charge is -2.06. The summed E-state index contributed by atoms with van der Waals surface area (Å²) in [6.45, 7) is 0. The van der Waals surface area contributed by atoms with Crippen molar-refractivity contribution in [3.8, 4) is 29.1 Å². The van der Waals surface area contributed by atoms with Gasteiger partial charge in [0.05, 0.1) is 26.9 Å².